The van der Waals surface area contributed by atoms with E-state index < -0.39 is 0 Å². The molecular formula is C16H21N3O. The van der Waals surface area contributed by atoms with E-state index >= 15 is 0 Å². The average Bonchev–Trinajstić information content (AvgIpc) is 3.19. The van der Waals surface area contributed by atoms with Crippen molar-refractivity contribution in [2.75, 3.05) is 6.54 Å². The molecule has 1 saturated carbocycles. The molecule has 106 valence electrons. The third-order valence-electron chi connectivity index (χ3n) is 3.58. The predicted molar refractivity (Wildman–Crippen MR) is 78.8 cm³/mol. The minimum Gasteiger partial charge on any atom is -0.472 e. The quantitative estimate of drug-likeness (QED) is 0.814. The van der Waals surface area contributed by atoms with Crippen LogP contribution in [0.25, 0.3) is 0 Å². The predicted octanol–water partition coefficient (Wildman–Crippen LogP) is 2.59. The maximum absolute atomic E-state index is 5.73. The summed E-state index contributed by atoms with van der Waals surface area (Å²) >= 11 is 0. The summed E-state index contributed by atoms with van der Waals surface area (Å²) in [4.78, 5) is 0. The fourth-order valence-corrected chi connectivity index (χ4v) is 2.26. The minimum atomic E-state index is 0.573. The Morgan fingerprint density at radius 1 is 1.30 bits per heavy atom. The van der Waals surface area contributed by atoms with Crippen molar-refractivity contribution in [3.63, 3.8) is 0 Å². The van der Waals surface area contributed by atoms with Crippen LogP contribution < -0.4 is 10.1 Å². The number of aromatic nitrogens is 2. The van der Waals surface area contributed by atoms with Crippen molar-refractivity contribution in [1.82, 2.24) is 15.5 Å². The summed E-state index contributed by atoms with van der Waals surface area (Å²) in [6, 6.07) is 11.2. The van der Waals surface area contributed by atoms with Crippen LogP contribution in [0.2, 0.25) is 0 Å². The van der Waals surface area contributed by atoms with Crippen molar-refractivity contribution in [1.29, 1.82) is 0 Å². The second-order valence-electron chi connectivity index (χ2n) is 5.42. The normalized spacial score (nSPS) is 14.4. The lowest BCUT2D eigenvalue weighted by Gasteiger charge is -2.10. The van der Waals surface area contributed by atoms with Gasteiger partial charge in [-0.25, -0.2) is 0 Å². The first-order chi connectivity index (χ1) is 9.81. The SMILES string of the molecule is Cc1cc(OCc2ccccc2CCNC2CC2)n[nH]1. The van der Waals surface area contributed by atoms with E-state index in [2.05, 4.69) is 39.8 Å². The van der Waals surface area contributed by atoms with E-state index in [1.807, 2.05) is 13.0 Å². The van der Waals surface area contributed by atoms with Crippen LogP contribution in [-0.2, 0) is 13.0 Å². The van der Waals surface area contributed by atoms with Crippen LogP contribution in [0.15, 0.2) is 30.3 Å². The van der Waals surface area contributed by atoms with E-state index in [4.69, 9.17) is 4.74 Å². The summed E-state index contributed by atoms with van der Waals surface area (Å²) in [5.74, 6) is 0.661. The zero-order chi connectivity index (χ0) is 13.8. The molecule has 0 amide bonds. The van der Waals surface area contributed by atoms with Crippen LogP contribution >= 0.6 is 0 Å². The highest BCUT2D eigenvalue weighted by Gasteiger charge is 2.19. The van der Waals surface area contributed by atoms with E-state index in [9.17, 15) is 0 Å². The number of hydrogen-bond acceptors (Lipinski definition) is 3. The molecule has 3 rings (SSSR count). The average molecular weight is 271 g/mol. The molecule has 0 saturated heterocycles. The lowest BCUT2D eigenvalue weighted by molar-refractivity contribution is 0.292. The van der Waals surface area contributed by atoms with Gasteiger partial charge in [0.25, 0.3) is 0 Å². The van der Waals surface area contributed by atoms with E-state index in [-0.39, 0.29) is 0 Å². The zero-order valence-corrected chi connectivity index (χ0v) is 11.9. The van der Waals surface area contributed by atoms with Crippen molar-refractivity contribution in [3.8, 4) is 5.88 Å². The number of H-pyrrole nitrogens is 1. The smallest absolute Gasteiger partial charge is 0.233 e. The first-order valence-electron chi connectivity index (χ1n) is 7.26. The summed E-state index contributed by atoms with van der Waals surface area (Å²) in [6.45, 7) is 3.59. The maximum atomic E-state index is 5.73. The molecule has 1 aliphatic rings. The molecule has 1 aromatic carbocycles. The number of ether oxygens (including phenoxy) is 1. The van der Waals surface area contributed by atoms with Crippen molar-refractivity contribution in [2.24, 2.45) is 0 Å². The summed E-state index contributed by atoms with van der Waals surface area (Å²) in [5, 5.41) is 10.5. The number of aromatic amines is 1. The van der Waals surface area contributed by atoms with Gasteiger partial charge in [-0.15, -0.1) is 5.10 Å². The Balaban J connectivity index is 1.56. The number of hydrogen-bond donors (Lipinski definition) is 2. The van der Waals surface area contributed by atoms with Crippen molar-refractivity contribution < 1.29 is 4.74 Å². The first kappa shape index (κ1) is 13.2. The molecule has 0 aliphatic heterocycles. The van der Waals surface area contributed by atoms with Gasteiger partial charge in [-0.1, -0.05) is 24.3 Å². The van der Waals surface area contributed by atoms with E-state index in [1.165, 1.54) is 24.0 Å². The van der Waals surface area contributed by atoms with Crippen LogP contribution in [0.4, 0.5) is 0 Å². The molecule has 4 nitrogen and oxygen atoms in total. The van der Waals surface area contributed by atoms with E-state index in [0.717, 1.165) is 24.7 Å². The number of nitrogens with one attached hydrogen (secondary N) is 2. The molecule has 0 spiro atoms. The monoisotopic (exact) mass is 271 g/mol. The summed E-state index contributed by atoms with van der Waals surface area (Å²) < 4.78 is 5.73. The second-order valence-corrected chi connectivity index (χ2v) is 5.42. The van der Waals surface area contributed by atoms with Gasteiger partial charge < -0.3 is 10.1 Å². The van der Waals surface area contributed by atoms with E-state index in [1.54, 1.807) is 0 Å². The highest BCUT2D eigenvalue weighted by molar-refractivity contribution is 5.27. The standard InChI is InChI=1S/C16H21N3O/c1-12-10-16(19-18-12)20-11-14-5-3-2-4-13(14)8-9-17-15-6-7-15/h2-5,10,15,17H,6-9,11H2,1H3,(H,18,19). The second kappa shape index (κ2) is 6.09. The van der Waals surface area contributed by atoms with Crippen LogP contribution in [0.5, 0.6) is 5.88 Å². The summed E-state index contributed by atoms with van der Waals surface area (Å²) in [6.07, 6.45) is 3.72. The van der Waals surface area contributed by atoms with Gasteiger partial charge in [0.2, 0.25) is 5.88 Å². The Labute approximate surface area is 119 Å². The maximum Gasteiger partial charge on any atom is 0.233 e. The first-order valence-corrected chi connectivity index (χ1v) is 7.26. The molecular weight excluding hydrogens is 250 g/mol. The molecule has 20 heavy (non-hydrogen) atoms. The zero-order valence-electron chi connectivity index (χ0n) is 11.9. The van der Waals surface area contributed by atoms with Crippen LogP contribution in [0, 0.1) is 6.92 Å². The molecule has 1 fully saturated rings. The van der Waals surface area contributed by atoms with Gasteiger partial charge in [0, 0.05) is 17.8 Å². The largest absolute Gasteiger partial charge is 0.472 e. The molecule has 0 atom stereocenters. The van der Waals surface area contributed by atoms with Gasteiger partial charge >= 0.3 is 0 Å². The number of aryl methyl sites for hydroxylation is 1. The Morgan fingerprint density at radius 3 is 2.80 bits per heavy atom. The van der Waals surface area contributed by atoms with Crippen molar-refractivity contribution in [2.45, 2.75) is 38.8 Å². The summed E-state index contributed by atoms with van der Waals surface area (Å²) in [7, 11) is 0. The Kier molecular flexibility index (Phi) is 4.02. The van der Waals surface area contributed by atoms with Gasteiger partial charge in [0.15, 0.2) is 0 Å². The third kappa shape index (κ3) is 3.61. The Hall–Kier alpha value is -1.81. The highest BCUT2D eigenvalue weighted by atomic mass is 16.5. The molecule has 1 heterocycles. The number of benzene rings is 1. The van der Waals surface area contributed by atoms with Gasteiger partial charge in [-0.3, -0.25) is 5.10 Å². The summed E-state index contributed by atoms with van der Waals surface area (Å²) in [5.41, 5.74) is 3.61. The Bertz CT molecular complexity index is 560. The molecule has 4 heteroatoms. The molecule has 2 N–H and O–H groups in total. The molecule has 0 unspecified atom stereocenters. The molecule has 1 aromatic heterocycles. The van der Waals surface area contributed by atoms with Gasteiger partial charge in [0.1, 0.15) is 6.61 Å². The van der Waals surface area contributed by atoms with Crippen molar-refractivity contribution in [3.05, 3.63) is 47.2 Å². The van der Waals surface area contributed by atoms with Crippen LogP contribution in [-0.4, -0.2) is 22.8 Å². The lowest BCUT2D eigenvalue weighted by Crippen LogP contribution is -2.19. The van der Waals surface area contributed by atoms with Gasteiger partial charge in [-0.2, -0.15) is 0 Å². The molecule has 0 bridgehead atoms. The van der Waals surface area contributed by atoms with Crippen molar-refractivity contribution >= 4 is 0 Å². The molecule has 2 aromatic rings. The van der Waals surface area contributed by atoms with Crippen LogP contribution in [0.1, 0.15) is 29.7 Å². The third-order valence-corrected chi connectivity index (χ3v) is 3.58. The van der Waals surface area contributed by atoms with Crippen LogP contribution in [0.3, 0.4) is 0 Å². The Morgan fingerprint density at radius 2 is 2.10 bits per heavy atom. The fourth-order valence-electron chi connectivity index (χ4n) is 2.26. The topological polar surface area (TPSA) is 49.9 Å². The van der Waals surface area contributed by atoms with E-state index in [0.29, 0.717) is 12.5 Å². The fraction of sp³-hybridized carbons (Fsp3) is 0.438. The molecule has 0 radical (unpaired) electrons. The highest BCUT2D eigenvalue weighted by Crippen LogP contribution is 2.19. The lowest BCUT2D eigenvalue weighted by atomic mass is 10.1. The van der Waals surface area contributed by atoms with Gasteiger partial charge in [-0.05, 0) is 43.9 Å². The minimum absolute atomic E-state index is 0.573. The molecule has 1 aliphatic carbocycles. The van der Waals surface area contributed by atoms with Gasteiger partial charge in [0.05, 0.1) is 0 Å². The number of nitrogens with zero attached hydrogens (tertiary/aromatic N) is 1. The number of rotatable bonds is 7.